The molecule has 10 nitrogen and oxygen atoms in total. The first-order chi connectivity index (χ1) is 7.93. The highest BCUT2D eigenvalue weighted by molar-refractivity contribution is 6.16. The van der Waals surface area contributed by atoms with Crippen molar-refractivity contribution in [2.75, 3.05) is 10.2 Å². The molecule has 2 aliphatic heterocycles. The van der Waals surface area contributed by atoms with Crippen molar-refractivity contribution in [2.24, 2.45) is 20.9 Å². The van der Waals surface area contributed by atoms with Crippen molar-refractivity contribution in [1.29, 1.82) is 0 Å². The van der Waals surface area contributed by atoms with Crippen molar-refractivity contribution in [3.8, 4) is 0 Å². The van der Waals surface area contributed by atoms with E-state index in [-0.39, 0.29) is 0 Å². The van der Waals surface area contributed by atoms with Crippen LogP contribution < -0.4 is 10.2 Å². The Morgan fingerprint density at radius 1 is 0.500 bits per heavy atom. The van der Waals surface area contributed by atoms with Crippen molar-refractivity contribution in [1.82, 2.24) is 20.4 Å². The summed E-state index contributed by atoms with van der Waals surface area (Å²) < 4.78 is 0. The van der Waals surface area contributed by atoms with Gasteiger partial charge in [0.05, 0.1) is 0 Å². The second-order valence-corrected chi connectivity index (χ2v) is 3.43. The van der Waals surface area contributed by atoms with Gasteiger partial charge in [-0.3, -0.25) is 0 Å². The molecule has 0 N–H and O–H groups in total. The number of nitrogens with zero attached hydrogens (tertiary/aromatic N) is 10. The van der Waals surface area contributed by atoms with Gasteiger partial charge in [-0.2, -0.15) is 0 Å². The topological polar surface area (TPSA) is 107 Å². The van der Waals surface area contributed by atoms with E-state index in [0.29, 0.717) is 0 Å². The maximum Gasteiger partial charge on any atom is 0.149 e. The number of aromatic nitrogens is 4. The van der Waals surface area contributed by atoms with E-state index in [1.807, 2.05) is 0 Å². The SMILES string of the molecule is N1=NN1c1c2nnc2c(N2N=N2)c2nnc12. The highest BCUT2D eigenvalue weighted by atomic mass is 15.9. The van der Waals surface area contributed by atoms with Gasteiger partial charge in [0.15, 0.2) is 0 Å². The Morgan fingerprint density at radius 3 is 1.00 bits per heavy atom. The molecule has 1 aromatic carbocycles. The number of hydrogen-bond donors (Lipinski definition) is 0. The van der Waals surface area contributed by atoms with Gasteiger partial charge in [0, 0.05) is 0 Å². The summed E-state index contributed by atoms with van der Waals surface area (Å²) in [5.41, 5.74) is 4.34. The standard InChI is InChI=1S/C6N10/c7-1-2(8-7)6(16-13-14-16)4-3(9-10-4)5(1)15-11-12-15. The largest absolute Gasteiger partial charge is 0.149 e. The maximum absolute atomic E-state index is 3.95. The summed E-state index contributed by atoms with van der Waals surface area (Å²) in [6, 6.07) is 0. The van der Waals surface area contributed by atoms with E-state index in [0.717, 1.165) is 33.4 Å². The van der Waals surface area contributed by atoms with Crippen LogP contribution in [0.5, 0.6) is 0 Å². The molecule has 0 bridgehead atoms. The van der Waals surface area contributed by atoms with Crippen LogP contribution >= 0.6 is 0 Å². The predicted octanol–water partition coefficient (Wildman–Crippen LogP) is 0.653. The molecule has 0 fully saturated rings. The molecule has 0 amide bonds. The zero-order valence-corrected chi connectivity index (χ0v) is 7.47. The van der Waals surface area contributed by atoms with Gasteiger partial charge in [-0.1, -0.05) is 0 Å². The lowest BCUT2D eigenvalue weighted by molar-refractivity contribution is 1.02. The Morgan fingerprint density at radius 2 is 0.812 bits per heavy atom. The van der Waals surface area contributed by atoms with Gasteiger partial charge < -0.3 is 0 Å². The summed E-state index contributed by atoms with van der Waals surface area (Å²) in [5, 5.41) is 33.7. The number of hydrogen-bond acceptors (Lipinski definition) is 10. The number of benzene rings is 1. The molecule has 10 heteroatoms. The lowest BCUT2D eigenvalue weighted by Gasteiger charge is -2.12. The van der Waals surface area contributed by atoms with Crippen molar-refractivity contribution >= 4 is 33.4 Å². The Bertz CT molecular complexity index is 652. The molecule has 74 valence electrons. The molecule has 0 radical (unpaired) electrons. The summed E-state index contributed by atoms with van der Waals surface area (Å²) in [6.07, 6.45) is 0. The van der Waals surface area contributed by atoms with E-state index in [1.54, 1.807) is 0 Å². The third-order valence-electron chi connectivity index (χ3n) is 2.60. The second kappa shape index (κ2) is 1.80. The van der Waals surface area contributed by atoms with Crippen LogP contribution in [0.2, 0.25) is 0 Å². The van der Waals surface area contributed by atoms with Gasteiger partial charge >= 0.3 is 0 Å². The fourth-order valence-electron chi connectivity index (χ4n) is 1.76. The Kier molecular flexibility index (Phi) is 0.750. The van der Waals surface area contributed by atoms with Crippen LogP contribution in [0.15, 0.2) is 20.9 Å². The molecule has 0 saturated carbocycles. The summed E-state index contributed by atoms with van der Waals surface area (Å²) in [4.78, 5) is 0. The monoisotopic (exact) mass is 212 g/mol. The molecule has 0 saturated heterocycles. The molecule has 0 atom stereocenters. The molecule has 2 aromatic heterocycles. The summed E-state index contributed by atoms with van der Waals surface area (Å²) in [7, 11) is 0. The minimum atomic E-state index is 0.717. The first kappa shape index (κ1) is 6.66. The molecular weight excluding hydrogens is 212 g/mol. The van der Waals surface area contributed by atoms with Crippen LogP contribution in [0, 0.1) is 0 Å². The molecular formula is C6N10. The van der Waals surface area contributed by atoms with E-state index in [9.17, 15) is 0 Å². The molecule has 0 spiro atoms. The van der Waals surface area contributed by atoms with E-state index >= 15 is 0 Å². The van der Waals surface area contributed by atoms with Gasteiger partial charge in [-0.15, -0.1) is 30.6 Å². The summed E-state index contributed by atoms with van der Waals surface area (Å²) in [5.74, 6) is 0. The van der Waals surface area contributed by atoms with Crippen molar-refractivity contribution in [3.63, 3.8) is 0 Å². The van der Waals surface area contributed by atoms with Crippen LogP contribution in [-0.2, 0) is 0 Å². The number of fused-ring (bicyclic) bond motifs is 2. The summed E-state index contributed by atoms with van der Waals surface area (Å²) >= 11 is 0. The molecule has 0 aliphatic carbocycles. The van der Waals surface area contributed by atoms with Gasteiger partial charge in [0.25, 0.3) is 0 Å². The molecule has 2 aliphatic rings. The average Bonchev–Trinajstić information content (AvgIpc) is 3.01. The Hall–Kier alpha value is -2.78. The zero-order valence-electron chi connectivity index (χ0n) is 7.47. The smallest absolute Gasteiger partial charge is 0.145 e. The quantitative estimate of drug-likeness (QED) is 0.617. The lowest BCUT2D eigenvalue weighted by Crippen LogP contribution is -2.09. The zero-order chi connectivity index (χ0) is 10.3. The van der Waals surface area contributed by atoms with Crippen LogP contribution in [0.1, 0.15) is 0 Å². The minimum absolute atomic E-state index is 0.717. The van der Waals surface area contributed by atoms with Crippen molar-refractivity contribution in [2.45, 2.75) is 0 Å². The Balaban J connectivity index is 1.92. The van der Waals surface area contributed by atoms with Gasteiger partial charge in [-0.25, -0.2) is 0 Å². The number of rotatable bonds is 2. The molecule has 3 aromatic rings. The first-order valence-corrected chi connectivity index (χ1v) is 4.44. The molecule has 0 unspecified atom stereocenters. The highest BCUT2D eigenvalue weighted by Crippen LogP contribution is 2.45. The van der Waals surface area contributed by atoms with Crippen molar-refractivity contribution < 1.29 is 0 Å². The van der Waals surface area contributed by atoms with Crippen molar-refractivity contribution in [3.05, 3.63) is 0 Å². The van der Waals surface area contributed by atoms with Crippen LogP contribution in [0.3, 0.4) is 0 Å². The maximum atomic E-state index is 3.95. The number of anilines is 2. The second-order valence-electron chi connectivity index (χ2n) is 3.43. The lowest BCUT2D eigenvalue weighted by atomic mass is 10.1. The van der Waals surface area contributed by atoms with Crippen LogP contribution in [-0.4, -0.2) is 20.4 Å². The average molecular weight is 212 g/mol. The predicted molar refractivity (Wildman–Crippen MR) is 49.7 cm³/mol. The van der Waals surface area contributed by atoms with Crippen LogP contribution in [0.4, 0.5) is 11.4 Å². The highest BCUT2D eigenvalue weighted by Gasteiger charge is 2.35. The molecule has 16 heavy (non-hydrogen) atoms. The minimum Gasteiger partial charge on any atom is -0.145 e. The van der Waals surface area contributed by atoms with Gasteiger partial charge in [0.1, 0.15) is 33.4 Å². The fourth-order valence-corrected chi connectivity index (χ4v) is 1.76. The van der Waals surface area contributed by atoms with E-state index < -0.39 is 0 Å². The normalized spacial score (nSPS) is 17.2. The Labute approximate surface area is 85.9 Å². The summed E-state index contributed by atoms with van der Waals surface area (Å²) in [6.45, 7) is 0. The van der Waals surface area contributed by atoms with Crippen LogP contribution in [0.25, 0.3) is 22.1 Å². The molecule has 4 heterocycles. The van der Waals surface area contributed by atoms with E-state index in [4.69, 9.17) is 0 Å². The van der Waals surface area contributed by atoms with Gasteiger partial charge in [0.2, 0.25) is 0 Å². The molecule has 5 rings (SSSR count). The third-order valence-corrected chi connectivity index (χ3v) is 2.60. The third kappa shape index (κ3) is 0.573. The fraction of sp³-hybridized carbons (Fsp3) is 0. The first-order valence-electron chi connectivity index (χ1n) is 4.44. The van der Waals surface area contributed by atoms with Gasteiger partial charge in [-0.05, 0) is 20.9 Å². The van der Waals surface area contributed by atoms with E-state index in [2.05, 4.69) is 41.3 Å². The van der Waals surface area contributed by atoms with E-state index in [1.165, 1.54) is 10.2 Å².